The Labute approximate surface area is 197 Å². The van der Waals surface area contributed by atoms with Gasteiger partial charge < -0.3 is 15.6 Å². The van der Waals surface area contributed by atoms with E-state index in [0.717, 1.165) is 36.1 Å². The maximum Gasteiger partial charge on any atom is 0.279 e. The number of aromatic amines is 1. The lowest BCUT2D eigenvalue weighted by molar-refractivity contribution is 0.492. The first-order valence-corrected chi connectivity index (χ1v) is 10.7. The number of anilines is 1. The highest BCUT2D eigenvalue weighted by Crippen LogP contribution is 2.28. The Kier molecular flexibility index (Phi) is 6.45. The van der Waals surface area contributed by atoms with Crippen LogP contribution in [0.25, 0.3) is 22.2 Å². The summed E-state index contributed by atoms with van der Waals surface area (Å²) < 4.78 is 1.65. The molecule has 168 valence electrons. The molecule has 1 saturated heterocycles. The molecule has 5 rings (SSSR count). The molecule has 1 fully saturated rings. The average Bonchev–Trinajstić information content (AvgIpc) is 3.26. The third-order valence-electron chi connectivity index (χ3n) is 5.94. The number of piperidine rings is 1. The number of nitrogens with one attached hydrogen (secondary N) is 1. The minimum Gasteiger partial charge on any atom is -0.355 e. The number of H-pyrrole nitrogens is 1. The van der Waals surface area contributed by atoms with E-state index in [1.807, 2.05) is 30.3 Å². The van der Waals surface area contributed by atoms with Gasteiger partial charge in [-0.1, -0.05) is 24.3 Å². The van der Waals surface area contributed by atoms with E-state index in [1.54, 1.807) is 29.2 Å². The smallest absolute Gasteiger partial charge is 0.279 e. The van der Waals surface area contributed by atoms with Crippen molar-refractivity contribution in [3.8, 4) is 17.2 Å². The Balaban J connectivity index is 0.00000259. The molecule has 1 aromatic carbocycles. The van der Waals surface area contributed by atoms with Crippen LogP contribution >= 0.6 is 12.4 Å². The zero-order valence-corrected chi connectivity index (χ0v) is 18.8. The van der Waals surface area contributed by atoms with Crippen molar-refractivity contribution in [2.75, 3.05) is 18.0 Å². The van der Waals surface area contributed by atoms with Crippen molar-refractivity contribution in [1.29, 1.82) is 5.26 Å². The Bertz CT molecular complexity index is 1370. The normalized spacial score (nSPS) is 15.8. The average molecular weight is 462 g/mol. The summed E-state index contributed by atoms with van der Waals surface area (Å²) in [5, 5.41) is 9.53. The molecule has 0 amide bonds. The fourth-order valence-electron chi connectivity index (χ4n) is 4.34. The Hall–Kier alpha value is -3.67. The van der Waals surface area contributed by atoms with Crippen LogP contribution in [0.5, 0.6) is 0 Å². The molecule has 3 aromatic heterocycles. The van der Waals surface area contributed by atoms with Gasteiger partial charge in [-0.2, -0.15) is 5.26 Å². The number of rotatable bonds is 4. The molecule has 0 spiro atoms. The number of nitrogens with two attached hydrogens (primary N) is 1. The standard InChI is InChI=1S/C24H23N7O.ClH/c25-11-16-5-1-2-6-18(16)14-31-23(32)22-21(20(13-28-22)17-7-3-9-27-12-17)29-24(31)30-10-4-8-19(26)15-30;/h1-3,5-7,9,12-13,19,28H,4,8,10,14-15,26H2;1H/t19-;/m1./s1. The minimum absolute atomic E-state index is 0. The molecule has 33 heavy (non-hydrogen) atoms. The van der Waals surface area contributed by atoms with Gasteiger partial charge in [-0.3, -0.25) is 14.3 Å². The SMILES string of the molecule is Cl.N#Cc1ccccc1Cn1c(N2CCC[C@@H](N)C2)nc2c(-c3cccnc3)c[nH]c2c1=O. The largest absolute Gasteiger partial charge is 0.355 e. The highest BCUT2D eigenvalue weighted by atomic mass is 35.5. The molecule has 0 saturated carbocycles. The molecule has 3 N–H and O–H groups in total. The first kappa shape index (κ1) is 22.5. The van der Waals surface area contributed by atoms with E-state index in [4.69, 9.17) is 10.7 Å². The molecule has 0 bridgehead atoms. The number of nitrogens with zero attached hydrogens (tertiary/aromatic N) is 5. The van der Waals surface area contributed by atoms with E-state index in [2.05, 4.69) is 20.9 Å². The third-order valence-corrected chi connectivity index (χ3v) is 5.94. The first-order valence-electron chi connectivity index (χ1n) is 10.7. The maximum atomic E-state index is 13.7. The summed E-state index contributed by atoms with van der Waals surface area (Å²) in [6.45, 7) is 1.66. The van der Waals surface area contributed by atoms with Gasteiger partial charge in [-0.25, -0.2) is 4.98 Å². The van der Waals surface area contributed by atoms with Crippen LogP contribution in [-0.2, 0) is 6.54 Å². The predicted octanol–water partition coefficient (Wildman–Crippen LogP) is 3.06. The van der Waals surface area contributed by atoms with Gasteiger partial charge in [0.25, 0.3) is 5.56 Å². The molecule has 0 radical (unpaired) electrons. The van der Waals surface area contributed by atoms with E-state index >= 15 is 0 Å². The number of aromatic nitrogens is 4. The second kappa shape index (κ2) is 9.45. The number of benzene rings is 1. The number of hydrogen-bond acceptors (Lipinski definition) is 6. The molecule has 0 unspecified atom stereocenters. The monoisotopic (exact) mass is 461 g/mol. The van der Waals surface area contributed by atoms with Crippen LogP contribution in [0.2, 0.25) is 0 Å². The van der Waals surface area contributed by atoms with Crippen LogP contribution in [0.3, 0.4) is 0 Å². The highest BCUT2D eigenvalue weighted by Gasteiger charge is 2.24. The van der Waals surface area contributed by atoms with Crippen molar-refractivity contribution >= 4 is 29.4 Å². The first-order chi connectivity index (χ1) is 15.7. The molecule has 1 atom stereocenters. The minimum atomic E-state index is -0.174. The van der Waals surface area contributed by atoms with Crippen molar-refractivity contribution < 1.29 is 0 Å². The van der Waals surface area contributed by atoms with Crippen LogP contribution in [0.4, 0.5) is 5.95 Å². The summed E-state index contributed by atoms with van der Waals surface area (Å²) in [7, 11) is 0. The van der Waals surface area contributed by atoms with Crippen LogP contribution < -0.4 is 16.2 Å². The predicted molar refractivity (Wildman–Crippen MR) is 131 cm³/mol. The number of halogens is 1. The molecule has 1 aliphatic rings. The van der Waals surface area contributed by atoms with Crippen LogP contribution in [0.1, 0.15) is 24.0 Å². The van der Waals surface area contributed by atoms with Gasteiger partial charge in [0.2, 0.25) is 5.95 Å². The van der Waals surface area contributed by atoms with Gasteiger partial charge in [-0.15, -0.1) is 12.4 Å². The van der Waals surface area contributed by atoms with Gasteiger partial charge in [0.1, 0.15) is 11.0 Å². The summed E-state index contributed by atoms with van der Waals surface area (Å²) in [6.07, 6.45) is 7.16. The summed E-state index contributed by atoms with van der Waals surface area (Å²) in [4.78, 5) is 28.0. The van der Waals surface area contributed by atoms with E-state index in [9.17, 15) is 10.1 Å². The molecule has 4 aromatic rings. The van der Waals surface area contributed by atoms with Crippen molar-refractivity contribution in [3.63, 3.8) is 0 Å². The zero-order valence-electron chi connectivity index (χ0n) is 17.9. The van der Waals surface area contributed by atoms with Crippen molar-refractivity contribution in [3.05, 3.63) is 76.5 Å². The topological polar surface area (TPSA) is 117 Å². The highest BCUT2D eigenvalue weighted by molar-refractivity contribution is 5.92. The van der Waals surface area contributed by atoms with Gasteiger partial charge >= 0.3 is 0 Å². The van der Waals surface area contributed by atoms with Crippen LogP contribution in [0.15, 0.2) is 59.8 Å². The number of fused-ring (bicyclic) bond motifs is 1. The van der Waals surface area contributed by atoms with Gasteiger partial charge in [0.05, 0.1) is 18.2 Å². The Morgan fingerprint density at radius 3 is 2.85 bits per heavy atom. The van der Waals surface area contributed by atoms with Gasteiger partial charge in [0.15, 0.2) is 0 Å². The lowest BCUT2D eigenvalue weighted by Crippen LogP contribution is -2.45. The molecule has 1 aliphatic heterocycles. The molecular weight excluding hydrogens is 438 g/mol. The lowest BCUT2D eigenvalue weighted by atomic mass is 10.1. The molecule has 4 heterocycles. The van der Waals surface area contributed by atoms with E-state index < -0.39 is 0 Å². The molecule has 9 heteroatoms. The summed E-state index contributed by atoms with van der Waals surface area (Å²) in [5.41, 5.74) is 10.2. The van der Waals surface area contributed by atoms with E-state index in [0.29, 0.717) is 29.1 Å². The lowest BCUT2D eigenvalue weighted by Gasteiger charge is -2.33. The summed E-state index contributed by atoms with van der Waals surface area (Å²) >= 11 is 0. The second-order valence-electron chi connectivity index (χ2n) is 8.09. The summed E-state index contributed by atoms with van der Waals surface area (Å²) in [6, 6.07) is 13.4. The molecular formula is C24H24ClN7O. The fourth-order valence-corrected chi connectivity index (χ4v) is 4.34. The summed E-state index contributed by atoms with van der Waals surface area (Å²) in [5.74, 6) is 0.579. The molecule has 8 nitrogen and oxygen atoms in total. The Morgan fingerprint density at radius 1 is 1.24 bits per heavy atom. The fraction of sp³-hybridized carbons (Fsp3) is 0.250. The molecule has 0 aliphatic carbocycles. The zero-order chi connectivity index (χ0) is 22.1. The van der Waals surface area contributed by atoms with Crippen LogP contribution in [0, 0.1) is 11.3 Å². The second-order valence-corrected chi connectivity index (χ2v) is 8.09. The van der Waals surface area contributed by atoms with Crippen LogP contribution in [-0.4, -0.2) is 38.7 Å². The van der Waals surface area contributed by atoms with Crippen molar-refractivity contribution in [1.82, 2.24) is 19.5 Å². The van der Waals surface area contributed by atoms with Crippen molar-refractivity contribution in [2.24, 2.45) is 5.73 Å². The van der Waals surface area contributed by atoms with Gasteiger partial charge in [0, 0.05) is 48.8 Å². The third kappa shape index (κ3) is 4.21. The van der Waals surface area contributed by atoms with E-state index in [-0.39, 0.29) is 30.6 Å². The van der Waals surface area contributed by atoms with Gasteiger partial charge in [-0.05, 0) is 30.5 Å². The Morgan fingerprint density at radius 2 is 2.09 bits per heavy atom. The maximum absolute atomic E-state index is 13.7. The quantitative estimate of drug-likeness (QED) is 0.482. The number of nitriles is 1. The van der Waals surface area contributed by atoms with E-state index in [1.165, 1.54) is 0 Å². The number of pyridine rings is 1. The van der Waals surface area contributed by atoms with Crippen molar-refractivity contribution in [2.45, 2.75) is 25.4 Å². The number of hydrogen-bond donors (Lipinski definition) is 2.